The quantitative estimate of drug-likeness (QED) is 0.357. The minimum absolute atomic E-state index is 0.118. The molecule has 1 fully saturated rings. The number of hydrogen-bond acceptors (Lipinski definition) is 9. The van der Waals surface area contributed by atoms with Gasteiger partial charge in [-0.15, -0.1) is 5.10 Å². The number of benzene rings is 2. The van der Waals surface area contributed by atoms with Crippen LogP contribution in [0.3, 0.4) is 0 Å². The van der Waals surface area contributed by atoms with Crippen LogP contribution in [0.2, 0.25) is 0 Å². The molecule has 38 heavy (non-hydrogen) atoms. The van der Waals surface area contributed by atoms with Crippen molar-refractivity contribution >= 4 is 10.9 Å². The number of hydrogen-bond donors (Lipinski definition) is 1. The highest BCUT2D eigenvalue weighted by Crippen LogP contribution is 2.33. The van der Waals surface area contributed by atoms with E-state index < -0.39 is 0 Å². The third kappa shape index (κ3) is 5.34. The van der Waals surface area contributed by atoms with Crippen LogP contribution in [0.1, 0.15) is 29.8 Å². The Morgan fingerprint density at radius 2 is 1.87 bits per heavy atom. The summed E-state index contributed by atoms with van der Waals surface area (Å²) >= 11 is 0. The molecular formula is C27H30N6O5. The molecule has 2 aromatic carbocycles. The molecule has 0 spiro atoms. The van der Waals surface area contributed by atoms with E-state index in [1.54, 1.807) is 7.11 Å². The second kappa shape index (κ2) is 10.8. The molecule has 6 rings (SSSR count). The maximum absolute atomic E-state index is 13.1. The molecular weight excluding hydrogens is 488 g/mol. The van der Waals surface area contributed by atoms with E-state index in [2.05, 4.69) is 25.4 Å². The van der Waals surface area contributed by atoms with Crippen molar-refractivity contribution in [1.82, 2.24) is 30.1 Å². The van der Waals surface area contributed by atoms with Crippen molar-refractivity contribution in [2.45, 2.75) is 45.1 Å². The van der Waals surface area contributed by atoms with Crippen molar-refractivity contribution < 1.29 is 18.9 Å². The van der Waals surface area contributed by atoms with Crippen LogP contribution in [0, 0.1) is 0 Å². The number of aromatic amines is 1. The predicted molar refractivity (Wildman–Crippen MR) is 138 cm³/mol. The number of pyridine rings is 1. The number of fused-ring (bicyclic) bond motifs is 2. The second-order valence-corrected chi connectivity index (χ2v) is 9.61. The molecule has 1 unspecified atom stereocenters. The molecule has 1 saturated heterocycles. The molecule has 1 atom stereocenters. The molecule has 0 aliphatic carbocycles. The molecule has 2 aliphatic heterocycles. The molecule has 0 radical (unpaired) electrons. The Balaban J connectivity index is 1.29. The lowest BCUT2D eigenvalue weighted by atomic mass is 10.1. The van der Waals surface area contributed by atoms with Gasteiger partial charge in [0.15, 0.2) is 17.3 Å². The molecule has 4 heterocycles. The Bertz CT molecular complexity index is 1460. The minimum Gasteiger partial charge on any atom is -0.497 e. The van der Waals surface area contributed by atoms with Gasteiger partial charge in [0.2, 0.25) is 0 Å². The zero-order chi connectivity index (χ0) is 25.9. The summed E-state index contributed by atoms with van der Waals surface area (Å²) in [6.45, 7) is 3.84. The monoisotopic (exact) mass is 518 g/mol. The number of methoxy groups -OCH3 is 1. The van der Waals surface area contributed by atoms with E-state index in [9.17, 15) is 4.79 Å². The highest BCUT2D eigenvalue weighted by atomic mass is 16.6. The fourth-order valence-electron chi connectivity index (χ4n) is 4.96. The van der Waals surface area contributed by atoms with E-state index in [1.807, 2.05) is 47.1 Å². The van der Waals surface area contributed by atoms with Crippen molar-refractivity contribution in [3.63, 3.8) is 0 Å². The van der Waals surface area contributed by atoms with Crippen molar-refractivity contribution in [2.75, 3.05) is 26.9 Å². The summed E-state index contributed by atoms with van der Waals surface area (Å²) in [5, 5.41) is 13.3. The zero-order valence-electron chi connectivity index (χ0n) is 21.3. The normalized spacial score (nSPS) is 16.8. The fourth-order valence-corrected chi connectivity index (χ4v) is 4.96. The molecule has 0 amide bonds. The predicted octanol–water partition coefficient (Wildman–Crippen LogP) is 2.68. The topological polar surface area (TPSA) is 117 Å². The van der Waals surface area contributed by atoms with Crippen LogP contribution >= 0.6 is 0 Å². The summed E-state index contributed by atoms with van der Waals surface area (Å²) in [7, 11) is 1.65. The summed E-state index contributed by atoms with van der Waals surface area (Å²) in [6.07, 6.45) is 2.17. The maximum Gasteiger partial charge on any atom is 0.252 e. The van der Waals surface area contributed by atoms with Crippen LogP contribution < -0.4 is 19.8 Å². The summed E-state index contributed by atoms with van der Waals surface area (Å²) in [5.74, 6) is 2.85. The third-order valence-electron chi connectivity index (χ3n) is 6.91. The Labute approximate surface area is 219 Å². The molecule has 11 nitrogen and oxygen atoms in total. The van der Waals surface area contributed by atoms with E-state index in [0.717, 1.165) is 42.0 Å². The van der Waals surface area contributed by atoms with Gasteiger partial charge in [-0.25, -0.2) is 4.68 Å². The number of rotatable bonds is 9. The first-order chi connectivity index (χ1) is 18.6. The van der Waals surface area contributed by atoms with Gasteiger partial charge in [-0.1, -0.05) is 12.1 Å². The Morgan fingerprint density at radius 1 is 1.05 bits per heavy atom. The van der Waals surface area contributed by atoms with Crippen LogP contribution in [-0.4, -0.2) is 63.1 Å². The lowest BCUT2D eigenvalue weighted by Crippen LogP contribution is -2.29. The summed E-state index contributed by atoms with van der Waals surface area (Å²) in [4.78, 5) is 18.3. The molecule has 4 aromatic rings. The second-order valence-electron chi connectivity index (χ2n) is 9.61. The Morgan fingerprint density at radius 3 is 2.63 bits per heavy atom. The largest absolute Gasteiger partial charge is 0.497 e. The Kier molecular flexibility index (Phi) is 6.93. The van der Waals surface area contributed by atoms with Crippen molar-refractivity contribution in [1.29, 1.82) is 0 Å². The molecule has 2 aromatic heterocycles. The van der Waals surface area contributed by atoms with Crippen LogP contribution in [-0.2, 0) is 30.9 Å². The first-order valence-corrected chi connectivity index (χ1v) is 12.8. The van der Waals surface area contributed by atoms with E-state index in [0.29, 0.717) is 62.0 Å². The molecule has 1 N–H and O–H groups in total. The van der Waals surface area contributed by atoms with Crippen LogP contribution in [0.4, 0.5) is 0 Å². The van der Waals surface area contributed by atoms with Crippen molar-refractivity contribution in [2.24, 2.45) is 0 Å². The lowest BCUT2D eigenvalue weighted by Gasteiger charge is -2.23. The van der Waals surface area contributed by atoms with Gasteiger partial charge in [0.05, 0.1) is 31.8 Å². The Hall–Kier alpha value is -3.96. The van der Waals surface area contributed by atoms with E-state index in [1.165, 1.54) is 0 Å². The number of nitrogens with zero attached hydrogens (tertiary/aromatic N) is 5. The molecule has 0 bridgehead atoms. The third-order valence-corrected chi connectivity index (χ3v) is 6.91. The highest BCUT2D eigenvalue weighted by molar-refractivity contribution is 5.83. The van der Waals surface area contributed by atoms with E-state index in [4.69, 9.17) is 18.9 Å². The SMILES string of the molecule is COc1ccc(CN(Cc2cc3cc4c(cc3[nH]c2=O)OCCO4)Cc2nnnn2CC2CCCO2)cc1. The zero-order valence-corrected chi connectivity index (χ0v) is 21.3. The molecule has 2 aliphatic rings. The number of ether oxygens (including phenoxy) is 4. The number of tetrazole rings is 1. The molecule has 11 heteroatoms. The highest BCUT2D eigenvalue weighted by Gasteiger charge is 2.21. The minimum atomic E-state index is -0.146. The van der Waals surface area contributed by atoms with Gasteiger partial charge in [-0.05, 0) is 53.1 Å². The summed E-state index contributed by atoms with van der Waals surface area (Å²) in [6, 6.07) is 13.6. The van der Waals surface area contributed by atoms with E-state index in [-0.39, 0.29) is 11.7 Å². The van der Waals surface area contributed by atoms with Gasteiger partial charge >= 0.3 is 0 Å². The van der Waals surface area contributed by atoms with Gasteiger partial charge in [0.1, 0.15) is 19.0 Å². The standard InChI is InChI=1S/C27H30N6O5/c1-35-21-6-4-18(5-7-21)14-32(17-26-29-30-31-33(26)16-22-3-2-8-36-22)15-20-11-19-12-24-25(38-10-9-37-24)13-23(19)28-27(20)34/h4-7,11-13,22H,2-3,8-10,14-17H2,1H3,(H,28,34). The van der Waals surface area contributed by atoms with Crippen LogP contribution in [0.15, 0.2) is 47.3 Å². The van der Waals surface area contributed by atoms with E-state index >= 15 is 0 Å². The van der Waals surface area contributed by atoms with Crippen LogP contribution in [0.5, 0.6) is 17.2 Å². The average molecular weight is 519 g/mol. The van der Waals surface area contributed by atoms with Gasteiger partial charge in [0, 0.05) is 36.7 Å². The van der Waals surface area contributed by atoms with Gasteiger partial charge in [-0.3, -0.25) is 9.69 Å². The van der Waals surface area contributed by atoms with Crippen LogP contribution in [0.25, 0.3) is 10.9 Å². The number of nitrogens with one attached hydrogen (secondary N) is 1. The molecule has 0 saturated carbocycles. The lowest BCUT2D eigenvalue weighted by molar-refractivity contribution is 0.0914. The molecule has 198 valence electrons. The summed E-state index contributed by atoms with van der Waals surface area (Å²) < 4.78 is 24.3. The first-order valence-electron chi connectivity index (χ1n) is 12.8. The fraction of sp³-hybridized carbons (Fsp3) is 0.407. The van der Waals surface area contributed by atoms with Crippen molar-refractivity contribution in [3.8, 4) is 17.2 Å². The maximum atomic E-state index is 13.1. The van der Waals surface area contributed by atoms with Gasteiger partial charge in [-0.2, -0.15) is 0 Å². The number of H-pyrrole nitrogens is 1. The van der Waals surface area contributed by atoms with Gasteiger partial charge < -0.3 is 23.9 Å². The van der Waals surface area contributed by atoms with Crippen molar-refractivity contribution in [3.05, 3.63) is 69.8 Å². The smallest absolute Gasteiger partial charge is 0.252 e. The first kappa shape index (κ1) is 24.4. The average Bonchev–Trinajstić information content (AvgIpc) is 3.61. The summed E-state index contributed by atoms with van der Waals surface area (Å²) in [5.41, 5.74) is 2.29. The number of aromatic nitrogens is 5. The van der Waals surface area contributed by atoms with Gasteiger partial charge in [0.25, 0.3) is 5.56 Å².